The van der Waals surface area contributed by atoms with Crippen LogP contribution in [0.1, 0.15) is 18.8 Å². The quantitative estimate of drug-likeness (QED) is 0.730. The van der Waals surface area contributed by atoms with Gasteiger partial charge in [-0.3, -0.25) is 0 Å². The van der Waals surface area contributed by atoms with E-state index in [1.54, 1.807) is 19.1 Å². The minimum absolute atomic E-state index is 0.0343. The molecule has 6 nitrogen and oxygen atoms in total. The maximum absolute atomic E-state index is 12.8. The van der Waals surface area contributed by atoms with Gasteiger partial charge in [0.25, 0.3) is 0 Å². The lowest BCUT2D eigenvalue weighted by molar-refractivity contribution is 0.147. The van der Waals surface area contributed by atoms with Crippen molar-refractivity contribution in [2.45, 2.75) is 19.1 Å². The summed E-state index contributed by atoms with van der Waals surface area (Å²) in [6.07, 6.45) is 0.262. The van der Waals surface area contributed by atoms with E-state index >= 15 is 0 Å². The smallest absolute Gasteiger partial charge is 0.315 e. The Kier molecular flexibility index (Phi) is 5.99. The number of furan rings is 1. The van der Waals surface area contributed by atoms with Gasteiger partial charge in [-0.1, -0.05) is 0 Å². The number of aliphatic hydroxyl groups excluding tert-OH is 1. The molecule has 2 unspecified atom stereocenters. The van der Waals surface area contributed by atoms with Gasteiger partial charge in [0, 0.05) is 0 Å². The summed E-state index contributed by atoms with van der Waals surface area (Å²) >= 11 is 0. The van der Waals surface area contributed by atoms with Crippen molar-refractivity contribution in [2.24, 2.45) is 0 Å². The molecule has 1 heterocycles. The van der Waals surface area contributed by atoms with Gasteiger partial charge in [0.1, 0.15) is 29.5 Å². The lowest BCUT2D eigenvalue weighted by Crippen LogP contribution is -2.41. The highest BCUT2D eigenvalue weighted by Crippen LogP contribution is 2.13. The second-order valence-electron chi connectivity index (χ2n) is 5.00. The fourth-order valence-electron chi connectivity index (χ4n) is 1.86. The third-order valence-corrected chi connectivity index (χ3v) is 3.03. The monoisotopic (exact) mass is 322 g/mol. The van der Waals surface area contributed by atoms with Crippen molar-refractivity contribution in [3.05, 3.63) is 54.2 Å². The summed E-state index contributed by atoms with van der Waals surface area (Å²) in [5, 5.41) is 14.9. The first kappa shape index (κ1) is 16.8. The SMILES string of the molecule is CC(CNC(=O)NCC(O)c1ccco1)Oc1ccc(F)cc1. The first-order valence-corrected chi connectivity index (χ1v) is 7.20. The van der Waals surface area contributed by atoms with E-state index in [2.05, 4.69) is 10.6 Å². The van der Waals surface area contributed by atoms with Gasteiger partial charge in [0.05, 0.1) is 19.4 Å². The zero-order chi connectivity index (χ0) is 16.7. The number of ether oxygens (including phenoxy) is 1. The lowest BCUT2D eigenvalue weighted by atomic mass is 10.3. The van der Waals surface area contributed by atoms with Crippen LogP contribution in [0, 0.1) is 5.82 Å². The van der Waals surface area contributed by atoms with E-state index in [4.69, 9.17) is 9.15 Å². The zero-order valence-electron chi connectivity index (χ0n) is 12.7. The molecule has 0 aliphatic carbocycles. The predicted molar refractivity (Wildman–Crippen MR) is 81.6 cm³/mol. The number of carbonyl (C=O) groups is 1. The Morgan fingerprint density at radius 3 is 2.61 bits per heavy atom. The Hall–Kier alpha value is -2.54. The summed E-state index contributed by atoms with van der Waals surface area (Å²) in [5.74, 6) is 0.574. The number of urea groups is 1. The number of nitrogens with one attached hydrogen (secondary N) is 2. The Labute approximate surface area is 133 Å². The molecule has 2 atom stereocenters. The summed E-state index contributed by atoms with van der Waals surface area (Å²) in [6, 6.07) is 8.51. The number of aliphatic hydroxyl groups is 1. The molecule has 3 N–H and O–H groups in total. The number of rotatable bonds is 7. The molecule has 0 fully saturated rings. The van der Waals surface area contributed by atoms with E-state index in [1.165, 1.54) is 30.5 Å². The van der Waals surface area contributed by atoms with Gasteiger partial charge in [-0.25, -0.2) is 9.18 Å². The average molecular weight is 322 g/mol. The van der Waals surface area contributed by atoms with Gasteiger partial charge in [-0.15, -0.1) is 0 Å². The maximum Gasteiger partial charge on any atom is 0.315 e. The fraction of sp³-hybridized carbons (Fsp3) is 0.312. The van der Waals surface area contributed by atoms with Crippen LogP contribution in [0.15, 0.2) is 47.1 Å². The van der Waals surface area contributed by atoms with Gasteiger partial charge in [0.2, 0.25) is 0 Å². The first-order chi connectivity index (χ1) is 11.0. The molecule has 0 radical (unpaired) electrons. The summed E-state index contributed by atoms with van der Waals surface area (Å²) in [7, 11) is 0. The highest BCUT2D eigenvalue weighted by molar-refractivity contribution is 5.73. The minimum Gasteiger partial charge on any atom is -0.489 e. The van der Waals surface area contributed by atoms with Crippen LogP contribution in [-0.4, -0.2) is 30.3 Å². The van der Waals surface area contributed by atoms with Gasteiger partial charge < -0.3 is 24.9 Å². The molecule has 0 aliphatic heterocycles. The predicted octanol–water partition coefficient (Wildman–Crippen LogP) is 2.22. The van der Waals surface area contributed by atoms with Crippen molar-refractivity contribution >= 4 is 6.03 Å². The van der Waals surface area contributed by atoms with E-state index < -0.39 is 12.1 Å². The summed E-state index contributed by atoms with van der Waals surface area (Å²) in [6.45, 7) is 2.08. The fourth-order valence-corrected chi connectivity index (χ4v) is 1.86. The Morgan fingerprint density at radius 1 is 1.26 bits per heavy atom. The molecule has 23 heavy (non-hydrogen) atoms. The van der Waals surface area contributed by atoms with Gasteiger partial charge in [0.15, 0.2) is 0 Å². The van der Waals surface area contributed by atoms with Gasteiger partial charge in [-0.05, 0) is 43.3 Å². The number of hydrogen-bond donors (Lipinski definition) is 3. The number of amides is 2. The number of carbonyl (C=O) groups excluding carboxylic acids is 1. The molecule has 1 aromatic heterocycles. The van der Waals surface area contributed by atoms with Crippen molar-refractivity contribution < 1.29 is 23.4 Å². The van der Waals surface area contributed by atoms with E-state index in [0.717, 1.165) is 0 Å². The topological polar surface area (TPSA) is 83.7 Å². The van der Waals surface area contributed by atoms with Crippen LogP contribution in [0.4, 0.5) is 9.18 Å². The van der Waals surface area contributed by atoms with Gasteiger partial charge >= 0.3 is 6.03 Å². The molecular formula is C16H19FN2O4. The molecule has 2 rings (SSSR count). The molecule has 7 heteroatoms. The Bertz CT molecular complexity index is 601. The normalized spacial score (nSPS) is 13.2. The standard InChI is InChI=1S/C16H19FN2O4/c1-11(23-13-6-4-12(17)5-7-13)9-18-16(21)19-10-14(20)15-3-2-8-22-15/h2-8,11,14,20H,9-10H2,1H3,(H2,18,19,21). The van der Waals surface area contributed by atoms with Crippen molar-refractivity contribution in [2.75, 3.05) is 13.1 Å². The number of halogens is 1. The third kappa shape index (κ3) is 5.63. The minimum atomic E-state index is -0.899. The Morgan fingerprint density at radius 2 is 1.96 bits per heavy atom. The second-order valence-corrected chi connectivity index (χ2v) is 5.00. The van der Waals surface area contributed by atoms with Gasteiger partial charge in [-0.2, -0.15) is 0 Å². The molecule has 0 saturated carbocycles. The second kappa shape index (κ2) is 8.19. The van der Waals surface area contributed by atoms with Crippen LogP contribution in [-0.2, 0) is 0 Å². The largest absolute Gasteiger partial charge is 0.489 e. The van der Waals surface area contributed by atoms with Crippen molar-refractivity contribution in [1.82, 2.24) is 10.6 Å². The van der Waals surface area contributed by atoms with Crippen molar-refractivity contribution in [1.29, 1.82) is 0 Å². The van der Waals surface area contributed by atoms with Crippen LogP contribution in [0.3, 0.4) is 0 Å². The van der Waals surface area contributed by atoms with Crippen LogP contribution in [0.25, 0.3) is 0 Å². The lowest BCUT2D eigenvalue weighted by Gasteiger charge is -2.16. The molecule has 0 saturated heterocycles. The highest BCUT2D eigenvalue weighted by atomic mass is 19.1. The third-order valence-electron chi connectivity index (χ3n) is 3.03. The number of benzene rings is 1. The van der Waals surface area contributed by atoms with Crippen LogP contribution in [0.5, 0.6) is 5.75 Å². The summed E-state index contributed by atoms with van der Waals surface area (Å²) in [5.41, 5.74) is 0. The van der Waals surface area contributed by atoms with Crippen molar-refractivity contribution in [3.63, 3.8) is 0 Å². The molecule has 0 aliphatic rings. The molecule has 1 aromatic carbocycles. The number of hydrogen-bond acceptors (Lipinski definition) is 4. The van der Waals surface area contributed by atoms with E-state index in [-0.39, 0.29) is 25.0 Å². The average Bonchev–Trinajstić information content (AvgIpc) is 3.07. The van der Waals surface area contributed by atoms with E-state index in [1.807, 2.05) is 0 Å². The first-order valence-electron chi connectivity index (χ1n) is 7.20. The van der Waals surface area contributed by atoms with E-state index in [9.17, 15) is 14.3 Å². The van der Waals surface area contributed by atoms with E-state index in [0.29, 0.717) is 11.5 Å². The zero-order valence-corrected chi connectivity index (χ0v) is 12.7. The molecule has 0 bridgehead atoms. The molecule has 2 aromatic rings. The van der Waals surface area contributed by atoms with Crippen LogP contribution in [0.2, 0.25) is 0 Å². The summed E-state index contributed by atoms with van der Waals surface area (Å²) < 4.78 is 23.3. The molecule has 0 spiro atoms. The molecule has 2 amide bonds. The van der Waals surface area contributed by atoms with Crippen LogP contribution < -0.4 is 15.4 Å². The maximum atomic E-state index is 12.8. The molecular weight excluding hydrogens is 303 g/mol. The molecule has 124 valence electrons. The Balaban J connectivity index is 1.66. The van der Waals surface area contributed by atoms with Crippen molar-refractivity contribution in [3.8, 4) is 5.75 Å². The highest BCUT2D eigenvalue weighted by Gasteiger charge is 2.12. The van der Waals surface area contributed by atoms with Crippen LogP contribution >= 0.6 is 0 Å². The summed E-state index contributed by atoms with van der Waals surface area (Å²) in [4.78, 5) is 11.6.